The van der Waals surface area contributed by atoms with Gasteiger partial charge < -0.3 is 19.9 Å². The van der Waals surface area contributed by atoms with E-state index < -0.39 is 5.97 Å². The molecule has 0 heterocycles. The highest BCUT2D eigenvalue weighted by Crippen LogP contribution is 2.31. The van der Waals surface area contributed by atoms with Crippen molar-refractivity contribution in [1.29, 1.82) is 0 Å². The standard InChI is InChI=1S/C25H25NO5/c1-25(2,3)20-11-7-8-12-22(20)30-16-23(28)26-17-13-14-19(21(27)15-17)24(29)31-18-9-5-4-6-10-18/h4-15,27H,16H2,1-3H3,(H,26,28). The third kappa shape index (κ3) is 5.85. The van der Waals surface area contributed by atoms with Gasteiger partial charge >= 0.3 is 5.97 Å². The number of benzene rings is 3. The number of anilines is 1. The molecule has 0 unspecified atom stereocenters. The number of nitrogens with one attached hydrogen (secondary N) is 1. The number of hydrogen-bond donors (Lipinski definition) is 2. The summed E-state index contributed by atoms with van der Waals surface area (Å²) in [5, 5.41) is 12.9. The second-order valence-electron chi connectivity index (χ2n) is 8.02. The minimum atomic E-state index is -0.691. The molecule has 0 saturated carbocycles. The van der Waals surface area contributed by atoms with Crippen LogP contribution in [0.5, 0.6) is 17.2 Å². The van der Waals surface area contributed by atoms with E-state index in [1.54, 1.807) is 30.3 Å². The van der Waals surface area contributed by atoms with Crippen LogP contribution in [-0.4, -0.2) is 23.6 Å². The number of esters is 1. The van der Waals surface area contributed by atoms with Crippen molar-refractivity contribution in [1.82, 2.24) is 0 Å². The lowest BCUT2D eigenvalue weighted by Gasteiger charge is -2.22. The van der Waals surface area contributed by atoms with Gasteiger partial charge in [-0.1, -0.05) is 57.2 Å². The molecule has 0 fully saturated rings. The Kier molecular flexibility index (Phi) is 6.60. The third-order valence-corrected chi connectivity index (χ3v) is 4.51. The molecule has 0 spiro atoms. The smallest absolute Gasteiger partial charge is 0.347 e. The lowest BCUT2D eigenvalue weighted by Crippen LogP contribution is -2.22. The van der Waals surface area contributed by atoms with Crippen LogP contribution in [0.25, 0.3) is 0 Å². The molecule has 0 aliphatic rings. The first kappa shape index (κ1) is 21.9. The number of amides is 1. The Morgan fingerprint density at radius 3 is 2.29 bits per heavy atom. The fourth-order valence-electron chi connectivity index (χ4n) is 2.99. The summed E-state index contributed by atoms with van der Waals surface area (Å²) in [5.41, 5.74) is 1.22. The summed E-state index contributed by atoms with van der Waals surface area (Å²) in [4.78, 5) is 24.6. The van der Waals surface area contributed by atoms with E-state index in [2.05, 4.69) is 26.1 Å². The van der Waals surface area contributed by atoms with Crippen LogP contribution < -0.4 is 14.8 Å². The highest BCUT2D eigenvalue weighted by molar-refractivity contribution is 5.96. The summed E-state index contributed by atoms with van der Waals surface area (Å²) in [6.07, 6.45) is 0. The summed E-state index contributed by atoms with van der Waals surface area (Å²) in [7, 11) is 0. The van der Waals surface area contributed by atoms with Crippen molar-refractivity contribution in [3.05, 3.63) is 83.9 Å². The summed E-state index contributed by atoms with van der Waals surface area (Å²) < 4.78 is 10.9. The Morgan fingerprint density at radius 1 is 0.935 bits per heavy atom. The van der Waals surface area contributed by atoms with E-state index in [0.29, 0.717) is 17.2 Å². The second-order valence-corrected chi connectivity index (χ2v) is 8.02. The van der Waals surface area contributed by atoms with E-state index in [-0.39, 0.29) is 29.2 Å². The molecule has 6 nitrogen and oxygen atoms in total. The lowest BCUT2D eigenvalue weighted by molar-refractivity contribution is -0.118. The molecule has 3 aromatic rings. The highest BCUT2D eigenvalue weighted by Gasteiger charge is 2.19. The molecule has 6 heteroatoms. The van der Waals surface area contributed by atoms with Gasteiger partial charge in [0, 0.05) is 11.8 Å². The maximum atomic E-state index is 12.3. The van der Waals surface area contributed by atoms with Crippen LogP contribution in [0.2, 0.25) is 0 Å². The Bertz CT molecular complexity index is 1070. The molecule has 3 rings (SSSR count). The van der Waals surface area contributed by atoms with Crippen LogP contribution in [0.3, 0.4) is 0 Å². The van der Waals surface area contributed by atoms with Gasteiger partial charge in [-0.2, -0.15) is 0 Å². The summed E-state index contributed by atoms with van der Waals surface area (Å²) in [6, 6.07) is 20.4. The van der Waals surface area contributed by atoms with Gasteiger partial charge in [0.1, 0.15) is 22.8 Å². The first-order valence-corrected chi connectivity index (χ1v) is 9.86. The van der Waals surface area contributed by atoms with Gasteiger partial charge in [0.25, 0.3) is 5.91 Å². The topological polar surface area (TPSA) is 84.9 Å². The van der Waals surface area contributed by atoms with E-state index in [1.807, 2.05) is 24.3 Å². The molecule has 2 N–H and O–H groups in total. The quantitative estimate of drug-likeness (QED) is 0.437. The fraction of sp³-hybridized carbons (Fsp3) is 0.200. The van der Waals surface area contributed by atoms with Crippen molar-refractivity contribution in [2.45, 2.75) is 26.2 Å². The number of aromatic hydroxyl groups is 1. The maximum Gasteiger partial charge on any atom is 0.347 e. The van der Waals surface area contributed by atoms with Crippen LogP contribution in [0.15, 0.2) is 72.8 Å². The molecule has 160 valence electrons. The SMILES string of the molecule is CC(C)(C)c1ccccc1OCC(=O)Nc1ccc(C(=O)Oc2ccccc2)c(O)c1. The van der Waals surface area contributed by atoms with Gasteiger partial charge in [-0.25, -0.2) is 4.79 Å². The largest absolute Gasteiger partial charge is 0.507 e. The van der Waals surface area contributed by atoms with E-state index in [9.17, 15) is 14.7 Å². The molecule has 0 aliphatic heterocycles. The van der Waals surface area contributed by atoms with E-state index in [0.717, 1.165) is 5.56 Å². The number of hydrogen-bond acceptors (Lipinski definition) is 5. The molecule has 0 aliphatic carbocycles. The molecule has 1 amide bonds. The molecule has 0 atom stereocenters. The van der Waals surface area contributed by atoms with E-state index >= 15 is 0 Å². The minimum Gasteiger partial charge on any atom is -0.507 e. The first-order chi connectivity index (χ1) is 14.7. The van der Waals surface area contributed by atoms with Gasteiger partial charge in [-0.3, -0.25) is 4.79 Å². The average Bonchev–Trinajstić information content (AvgIpc) is 2.72. The minimum absolute atomic E-state index is 0.00259. The number of phenolic OH excluding ortho intramolecular Hbond substituents is 1. The van der Waals surface area contributed by atoms with E-state index in [1.165, 1.54) is 18.2 Å². The van der Waals surface area contributed by atoms with Crippen LogP contribution >= 0.6 is 0 Å². The lowest BCUT2D eigenvalue weighted by atomic mass is 9.86. The first-order valence-electron chi connectivity index (χ1n) is 9.86. The van der Waals surface area contributed by atoms with Gasteiger partial charge in [-0.15, -0.1) is 0 Å². The number of carbonyl (C=O) groups is 2. The summed E-state index contributed by atoms with van der Waals surface area (Å²) >= 11 is 0. The zero-order valence-corrected chi connectivity index (χ0v) is 17.7. The molecule has 0 saturated heterocycles. The third-order valence-electron chi connectivity index (χ3n) is 4.51. The normalized spacial score (nSPS) is 10.9. The van der Waals surface area contributed by atoms with Gasteiger partial charge in [0.2, 0.25) is 0 Å². The van der Waals surface area contributed by atoms with Crippen LogP contribution in [-0.2, 0) is 10.2 Å². The molecular formula is C25H25NO5. The van der Waals surface area contributed by atoms with E-state index in [4.69, 9.17) is 9.47 Å². The maximum absolute atomic E-state index is 12.3. The zero-order valence-electron chi connectivity index (χ0n) is 17.7. The number of carbonyl (C=O) groups excluding carboxylic acids is 2. The average molecular weight is 419 g/mol. The number of para-hydroxylation sites is 2. The highest BCUT2D eigenvalue weighted by atomic mass is 16.5. The molecular weight excluding hydrogens is 394 g/mol. The zero-order chi connectivity index (χ0) is 22.4. The Hall–Kier alpha value is -3.80. The number of rotatable bonds is 6. The second kappa shape index (κ2) is 9.34. The van der Waals surface area contributed by atoms with Crippen molar-refractivity contribution in [2.24, 2.45) is 0 Å². The van der Waals surface area contributed by atoms with Crippen LogP contribution in [0, 0.1) is 0 Å². The van der Waals surface area contributed by atoms with Crippen molar-refractivity contribution < 1.29 is 24.2 Å². The molecule has 0 radical (unpaired) electrons. The van der Waals surface area contributed by atoms with Crippen molar-refractivity contribution in [3.8, 4) is 17.2 Å². The number of phenols is 1. The predicted molar refractivity (Wildman–Crippen MR) is 119 cm³/mol. The fourth-order valence-corrected chi connectivity index (χ4v) is 2.99. The van der Waals surface area contributed by atoms with Crippen molar-refractivity contribution in [2.75, 3.05) is 11.9 Å². The van der Waals surface area contributed by atoms with Crippen molar-refractivity contribution in [3.63, 3.8) is 0 Å². The summed E-state index contributed by atoms with van der Waals surface area (Å²) in [6.45, 7) is 6.03. The monoisotopic (exact) mass is 419 g/mol. The van der Waals surface area contributed by atoms with Crippen molar-refractivity contribution >= 4 is 17.6 Å². The molecule has 3 aromatic carbocycles. The Balaban J connectivity index is 1.61. The molecule has 0 bridgehead atoms. The van der Waals surface area contributed by atoms with Gasteiger partial charge in [0.15, 0.2) is 6.61 Å². The Labute approximate surface area is 181 Å². The van der Waals surface area contributed by atoms with Crippen LogP contribution in [0.4, 0.5) is 5.69 Å². The Morgan fingerprint density at radius 2 is 1.61 bits per heavy atom. The van der Waals surface area contributed by atoms with Crippen LogP contribution in [0.1, 0.15) is 36.7 Å². The predicted octanol–water partition coefficient (Wildman–Crippen LogP) is 4.93. The number of ether oxygens (including phenoxy) is 2. The summed E-state index contributed by atoms with van der Waals surface area (Å²) in [5.74, 6) is -0.354. The molecule has 31 heavy (non-hydrogen) atoms. The van der Waals surface area contributed by atoms with Gasteiger partial charge in [0.05, 0.1) is 0 Å². The molecule has 0 aromatic heterocycles. The van der Waals surface area contributed by atoms with Gasteiger partial charge in [-0.05, 0) is 41.3 Å².